The van der Waals surface area contributed by atoms with Crippen LogP contribution in [0.5, 0.6) is 0 Å². The number of hydrogen-bond donors (Lipinski definition) is 1. The molecule has 8 heteroatoms. The molecule has 1 N–H and O–H groups in total. The summed E-state index contributed by atoms with van der Waals surface area (Å²) in [5.74, 6) is -0.395. The molecule has 6 nitrogen and oxygen atoms in total. The average Bonchev–Trinajstić information content (AvgIpc) is 3.35. The molecule has 0 aliphatic carbocycles. The Bertz CT molecular complexity index is 1110. The van der Waals surface area contributed by atoms with E-state index in [9.17, 15) is 12.8 Å². The summed E-state index contributed by atoms with van der Waals surface area (Å²) in [7, 11) is -1.96. The van der Waals surface area contributed by atoms with E-state index in [2.05, 4.69) is 34.6 Å². The first kappa shape index (κ1) is 20.7. The van der Waals surface area contributed by atoms with E-state index < -0.39 is 10.0 Å². The number of benzene rings is 2. The summed E-state index contributed by atoms with van der Waals surface area (Å²) in [5, 5.41) is 3.56. The number of halogens is 1. The Kier molecular flexibility index (Phi) is 5.73. The van der Waals surface area contributed by atoms with E-state index >= 15 is 0 Å². The molecule has 2 unspecified atom stereocenters. The summed E-state index contributed by atoms with van der Waals surface area (Å²) in [4.78, 5) is 4.03. The SMILES string of the molecule is Cc1ccc(CNC2CN(S(=O)(=O)c3cn(C)cn3)CC2c2ccc(F)cc2)cc1. The Labute approximate surface area is 176 Å². The van der Waals surface area contributed by atoms with Gasteiger partial charge in [-0.3, -0.25) is 0 Å². The lowest BCUT2D eigenvalue weighted by molar-refractivity contribution is 0.454. The molecular formula is C22H25FN4O2S. The second kappa shape index (κ2) is 8.29. The van der Waals surface area contributed by atoms with E-state index in [4.69, 9.17) is 0 Å². The Hall–Kier alpha value is -2.55. The van der Waals surface area contributed by atoms with Crippen molar-refractivity contribution < 1.29 is 12.8 Å². The van der Waals surface area contributed by atoms with Crippen LogP contribution in [0.3, 0.4) is 0 Å². The van der Waals surface area contributed by atoms with E-state index in [0.29, 0.717) is 19.6 Å². The number of aromatic nitrogens is 2. The van der Waals surface area contributed by atoms with Crippen LogP contribution in [0.2, 0.25) is 0 Å². The van der Waals surface area contributed by atoms with Crippen molar-refractivity contribution in [1.82, 2.24) is 19.2 Å². The topological polar surface area (TPSA) is 67.2 Å². The summed E-state index contributed by atoms with van der Waals surface area (Å²) in [6, 6.07) is 14.4. The van der Waals surface area contributed by atoms with Gasteiger partial charge in [-0.25, -0.2) is 17.8 Å². The average molecular weight is 429 g/mol. The molecule has 0 radical (unpaired) electrons. The van der Waals surface area contributed by atoms with Gasteiger partial charge in [-0.1, -0.05) is 42.0 Å². The van der Waals surface area contributed by atoms with Crippen LogP contribution in [0.15, 0.2) is 66.1 Å². The third-order valence-corrected chi connectivity index (χ3v) is 7.28. The van der Waals surface area contributed by atoms with Gasteiger partial charge in [-0.05, 0) is 30.2 Å². The second-order valence-corrected chi connectivity index (χ2v) is 9.72. The van der Waals surface area contributed by atoms with Crippen molar-refractivity contribution in [3.63, 3.8) is 0 Å². The van der Waals surface area contributed by atoms with Gasteiger partial charge in [-0.2, -0.15) is 4.31 Å². The van der Waals surface area contributed by atoms with E-state index in [1.165, 1.54) is 34.5 Å². The van der Waals surface area contributed by atoms with Crippen LogP contribution in [0.4, 0.5) is 4.39 Å². The van der Waals surface area contributed by atoms with E-state index in [1.807, 2.05) is 6.92 Å². The standard InChI is InChI=1S/C22H25FN4O2S/c1-16-3-5-17(6-4-16)11-24-21-13-27(30(28,29)22-14-26(2)15-25-22)12-20(21)18-7-9-19(23)10-8-18/h3-10,14-15,20-21,24H,11-13H2,1-2H3. The predicted octanol–water partition coefficient (Wildman–Crippen LogP) is 2.81. The monoisotopic (exact) mass is 428 g/mol. The molecule has 0 spiro atoms. The number of rotatable bonds is 6. The highest BCUT2D eigenvalue weighted by Gasteiger charge is 2.40. The van der Waals surface area contributed by atoms with E-state index in [-0.39, 0.29) is 22.8 Å². The lowest BCUT2D eigenvalue weighted by Crippen LogP contribution is -2.36. The molecular weight excluding hydrogens is 403 g/mol. The first-order valence-electron chi connectivity index (χ1n) is 9.85. The highest BCUT2D eigenvalue weighted by molar-refractivity contribution is 7.89. The molecule has 2 aromatic carbocycles. The lowest BCUT2D eigenvalue weighted by atomic mass is 9.94. The van der Waals surface area contributed by atoms with Crippen LogP contribution < -0.4 is 5.32 Å². The summed E-state index contributed by atoms with van der Waals surface area (Å²) in [6.45, 7) is 3.31. The number of nitrogens with zero attached hydrogens (tertiary/aromatic N) is 3. The van der Waals surface area contributed by atoms with Crippen molar-refractivity contribution in [2.45, 2.75) is 30.5 Å². The molecule has 2 atom stereocenters. The van der Waals surface area contributed by atoms with Crippen molar-refractivity contribution in [2.24, 2.45) is 7.05 Å². The van der Waals surface area contributed by atoms with Crippen molar-refractivity contribution in [3.05, 3.63) is 83.6 Å². The Morgan fingerprint density at radius 3 is 2.43 bits per heavy atom. The van der Waals surface area contributed by atoms with Gasteiger partial charge in [0.15, 0.2) is 5.03 Å². The second-order valence-electron chi connectivity index (χ2n) is 7.83. The molecule has 0 saturated carbocycles. The molecule has 1 fully saturated rings. The van der Waals surface area contributed by atoms with Gasteiger partial charge >= 0.3 is 0 Å². The fourth-order valence-electron chi connectivity index (χ4n) is 3.83. The molecule has 158 valence electrons. The summed E-state index contributed by atoms with van der Waals surface area (Å²) in [6.07, 6.45) is 2.99. The van der Waals surface area contributed by atoms with Crippen molar-refractivity contribution >= 4 is 10.0 Å². The smallest absolute Gasteiger partial charge is 0.262 e. The number of sulfonamides is 1. The number of hydrogen-bond acceptors (Lipinski definition) is 4. The Morgan fingerprint density at radius 2 is 1.80 bits per heavy atom. The van der Waals surface area contributed by atoms with Crippen molar-refractivity contribution in [1.29, 1.82) is 0 Å². The van der Waals surface area contributed by atoms with Crippen LogP contribution in [0.25, 0.3) is 0 Å². The maximum absolute atomic E-state index is 13.4. The first-order chi connectivity index (χ1) is 14.3. The normalized spacial score (nSPS) is 20.0. The van der Waals surface area contributed by atoms with Gasteiger partial charge in [0.05, 0.1) is 6.33 Å². The fourth-order valence-corrected chi connectivity index (χ4v) is 5.29. The van der Waals surface area contributed by atoms with Crippen LogP contribution in [0.1, 0.15) is 22.6 Å². The molecule has 4 rings (SSSR count). The van der Waals surface area contributed by atoms with Crippen LogP contribution in [-0.4, -0.2) is 41.4 Å². The van der Waals surface area contributed by atoms with Crippen molar-refractivity contribution in [2.75, 3.05) is 13.1 Å². The maximum atomic E-state index is 13.4. The lowest BCUT2D eigenvalue weighted by Gasteiger charge is -2.20. The summed E-state index contributed by atoms with van der Waals surface area (Å²) < 4.78 is 42.7. The van der Waals surface area contributed by atoms with Crippen molar-refractivity contribution in [3.8, 4) is 0 Å². The zero-order valence-electron chi connectivity index (χ0n) is 17.0. The van der Waals surface area contributed by atoms with Gasteiger partial charge in [-0.15, -0.1) is 0 Å². The molecule has 1 aromatic heterocycles. The molecule has 0 bridgehead atoms. The number of imidazole rings is 1. The fraction of sp³-hybridized carbons (Fsp3) is 0.318. The predicted molar refractivity (Wildman–Crippen MR) is 113 cm³/mol. The Morgan fingerprint density at radius 1 is 1.10 bits per heavy atom. The molecule has 0 amide bonds. The van der Waals surface area contributed by atoms with Gasteiger partial charge in [0.25, 0.3) is 10.0 Å². The van der Waals surface area contributed by atoms with E-state index in [1.54, 1.807) is 23.7 Å². The van der Waals surface area contributed by atoms with E-state index in [0.717, 1.165) is 11.1 Å². The quantitative estimate of drug-likeness (QED) is 0.656. The number of aryl methyl sites for hydroxylation is 2. The molecule has 1 saturated heterocycles. The minimum atomic E-state index is -3.70. The van der Waals surface area contributed by atoms with Gasteiger partial charge < -0.3 is 9.88 Å². The third-order valence-electron chi connectivity index (χ3n) is 5.56. The van der Waals surface area contributed by atoms with Gasteiger partial charge in [0, 0.05) is 44.8 Å². The highest BCUT2D eigenvalue weighted by atomic mass is 32.2. The molecule has 3 aromatic rings. The minimum Gasteiger partial charge on any atom is -0.339 e. The highest BCUT2D eigenvalue weighted by Crippen LogP contribution is 2.31. The zero-order chi connectivity index (χ0) is 21.3. The first-order valence-corrected chi connectivity index (χ1v) is 11.3. The van der Waals surface area contributed by atoms with Crippen LogP contribution in [0, 0.1) is 12.7 Å². The summed E-state index contributed by atoms with van der Waals surface area (Å²) >= 11 is 0. The molecule has 1 aliphatic heterocycles. The molecule has 2 heterocycles. The molecule has 30 heavy (non-hydrogen) atoms. The maximum Gasteiger partial charge on any atom is 0.262 e. The van der Waals surface area contributed by atoms with Gasteiger partial charge in [0.2, 0.25) is 0 Å². The number of nitrogens with one attached hydrogen (secondary N) is 1. The third kappa shape index (κ3) is 4.30. The van der Waals surface area contributed by atoms with Crippen LogP contribution >= 0.6 is 0 Å². The zero-order valence-corrected chi connectivity index (χ0v) is 17.8. The Balaban J connectivity index is 1.58. The minimum absolute atomic E-state index is 0.0436. The largest absolute Gasteiger partial charge is 0.339 e. The van der Waals surface area contributed by atoms with Crippen LogP contribution in [-0.2, 0) is 23.6 Å². The van der Waals surface area contributed by atoms with Gasteiger partial charge in [0.1, 0.15) is 5.82 Å². The molecule has 1 aliphatic rings. The summed E-state index contributed by atoms with van der Waals surface area (Å²) in [5.41, 5.74) is 3.23.